The topological polar surface area (TPSA) is 0 Å². The van der Waals surface area contributed by atoms with Gasteiger partial charge in [-0.15, -0.1) is 23.2 Å². The summed E-state index contributed by atoms with van der Waals surface area (Å²) in [5.74, 6) is -2.99. The third-order valence-corrected chi connectivity index (χ3v) is 0.762. The highest BCUT2D eigenvalue weighted by atomic mass is 35.5. The molecule has 0 saturated carbocycles. The van der Waals surface area contributed by atoms with Crippen molar-refractivity contribution in [2.75, 3.05) is 0 Å². The highest BCUT2D eigenvalue weighted by Gasteiger charge is 2.24. The predicted octanol–water partition coefficient (Wildman–Crippen LogP) is 2.65. The van der Waals surface area contributed by atoms with E-state index in [1.165, 1.54) is 0 Å². The predicted molar refractivity (Wildman–Crippen MR) is 30.4 cm³/mol. The SMILES string of the molecule is [CH2]C(F)(F)CC(Cl)Cl. The maximum atomic E-state index is 11.7. The maximum absolute atomic E-state index is 11.7. The van der Waals surface area contributed by atoms with E-state index in [2.05, 4.69) is 6.92 Å². The number of hydrogen-bond acceptors (Lipinski definition) is 0. The van der Waals surface area contributed by atoms with Crippen molar-refractivity contribution in [1.82, 2.24) is 0 Å². The van der Waals surface area contributed by atoms with Crippen molar-refractivity contribution >= 4 is 23.2 Å². The van der Waals surface area contributed by atoms with Crippen molar-refractivity contribution in [3.05, 3.63) is 6.92 Å². The fraction of sp³-hybridized carbons (Fsp3) is 0.750. The molecule has 0 aromatic rings. The summed E-state index contributed by atoms with van der Waals surface area (Å²) in [7, 11) is 0. The van der Waals surface area contributed by atoms with E-state index in [0.29, 0.717) is 0 Å². The number of alkyl halides is 4. The Bertz CT molecular complexity index is 66.9. The largest absolute Gasteiger partial charge is 0.251 e. The van der Waals surface area contributed by atoms with Crippen LogP contribution >= 0.6 is 23.2 Å². The molecule has 0 nitrogen and oxygen atoms in total. The van der Waals surface area contributed by atoms with E-state index < -0.39 is 17.2 Å². The molecule has 4 heteroatoms. The second kappa shape index (κ2) is 2.83. The molecule has 0 aliphatic rings. The van der Waals surface area contributed by atoms with Gasteiger partial charge in [0, 0.05) is 13.3 Å². The van der Waals surface area contributed by atoms with Crippen LogP contribution in [0, 0.1) is 6.92 Å². The monoisotopic (exact) mass is 161 g/mol. The molecule has 0 saturated heterocycles. The zero-order valence-corrected chi connectivity index (χ0v) is 5.52. The van der Waals surface area contributed by atoms with Gasteiger partial charge in [-0.2, -0.15) is 0 Å². The summed E-state index contributed by atoms with van der Waals surface area (Å²) in [5, 5.41) is 0. The molecule has 0 unspecified atom stereocenters. The molecule has 1 radical (unpaired) electrons. The van der Waals surface area contributed by atoms with Gasteiger partial charge in [-0.05, 0) is 0 Å². The molecule has 0 spiro atoms. The molecule has 0 heterocycles. The van der Waals surface area contributed by atoms with Gasteiger partial charge in [0.05, 0.1) is 0 Å². The van der Waals surface area contributed by atoms with Gasteiger partial charge in [0.15, 0.2) is 0 Å². The van der Waals surface area contributed by atoms with E-state index in [1.807, 2.05) is 0 Å². The van der Waals surface area contributed by atoms with Crippen LogP contribution in [0.4, 0.5) is 8.78 Å². The lowest BCUT2D eigenvalue weighted by atomic mass is 10.3. The Balaban J connectivity index is 3.39. The summed E-state index contributed by atoms with van der Waals surface area (Å²) in [6.07, 6.45) is -0.587. The number of halogens is 4. The molecule has 49 valence electrons. The van der Waals surface area contributed by atoms with Crippen LogP contribution in [0.3, 0.4) is 0 Å². The minimum absolute atomic E-state index is 0.587. The van der Waals surface area contributed by atoms with Gasteiger partial charge in [0.1, 0.15) is 4.84 Å². The van der Waals surface area contributed by atoms with E-state index in [9.17, 15) is 8.78 Å². The molecule has 0 N–H and O–H groups in total. The average Bonchev–Trinajstić information content (AvgIpc) is 1.21. The molecule has 0 amide bonds. The summed E-state index contributed by atoms with van der Waals surface area (Å²) in [6, 6.07) is 0. The van der Waals surface area contributed by atoms with Crippen LogP contribution in [0.2, 0.25) is 0 Å². The first-order valence-corrected chi connectivity index (χ1v) is 2.80. The quantitative estimate of drug-likeness (QED) is 0.547. The van der Waals surface area contributed by atoms with Crippen molar-refractivity contribution < 1.29 is 8.78 Å². The fourth-order valence-corrected chi connectivity index (χ4v) is 0.677. The fourth-order valence-electron chi connectivity index (χ4n) is 0.226. The Morgan fingerprint density at radius 3 is 1.88 bits per heavy atom. The number of hydrogen-bond donors (Lipinski definition) is 0. The summed E-state index contributed by atoms with van der Waals surface area (Å²) >= 11 is 10.0. The lowest BCUT2D eigenvalue weighted by molar-refractivity contribution is 0.0464. The Kier molecular flexibility index (Phi) is 2.99. The first kappa shape index (κ1) is 8.44. The van der Waals surface area contributed by atoms with Gasteiger partial charge in [-0.1, -0.05) is 0 Å². The summed E-state index contributed by atoms with van der Waals surface area (Å²) in [4.78, 5) is -1.03. The zero-order chi connectivity index (χ0) is 6.78. The van der Waals surface area contributed by atoms with E-state index in [0.717, 1.165) is 0 Å². The average molecular weight is 162 g/mol. The van der Waals surface area contributed by atoms with Crippen LogP contribution in [-0.2, 0) is 0 Å². The van der Waals surface area contributed by atoms with Crippen molar-refractivity contribution in [3.8, 4) is 0 Å². The number of rotatable bonds is 2. The van der Waals surface area contributed by atoms with E-state index in [-0.39, 0.29) is 0 Å². The second-order valence-electron chi connectivity index (χ2n) is 1.45. The molecular weight excluding hydrogens is 157 g/mol. The van der Waals surface area contributed by atoms with E-state index in [1.54, 1.807) is 0 Å². The van der Waals surface area contributed by atoms with Crippen LogP contribution in [0.5, 0.6) is 0 Å². The molecule has 0 aliphatic carbocycles. The first-order chi connectivity index (χ1) is 3.42. The van der Waals surface area contributed by atoms with Gasteiger partial charge >= 0.3 is 0 Å². The third kappa shape index (κ3) is 6.44. The highest BCUT2D eigenvalue weighted by molar-refractivity contribution is 6.44. The van der Waals surface area contributed by atoms with Crippen LogP contribution < -0.4 is 0 Å². The lowest BCUT2D eigenvalue weighted by Crippen LogP contribution is -2.13. The van der Waals surface area contributed by atoms with Gasteiger partial charge in [-0.3, -0.25) is 0 Å². The Morgan fingerprint density at radius 1 is 1.50 bits per heavy atom. The van der Waals surface area contributed by atoms with E-state index in [4.69, 9.17) is 23.2 Å². The van der Waals surface area contributed by atoms with Crippen LogP contribution in [0.15, 0.2) is 0 Å². The van der Waals surface area contributed by atoms with Gasteiger partial charge in [-0.25, -0.2) is 8.78 Å². The minimum atomic E-state index is -2.99. The second-order valence-corrected chi connectivity index (χ2v) is 2.73. The summed E-state index contributed by atoms with van der Waals surface area (Å²) < 4.78 is 23.4. The van der Waals surface area contributed by atoms with Crippen LogP contribution in [0.25, 0.3) is 0 Å². The molecule has 0 aromatic carbocycles. The Labute approximate surface area is 56.8 Å². The molecule has 0 aliphatic heterocycles. The Hall–Kier alpha value is 0.440. The van der Waals surface area contributed by atoms with Gasteiger partial charge in [0.2, 0.25) is 0 Å². The van der Waals surface area contributed by atoms with Crippen molar-refractivity contribution in [1.29, 1.82) is 0 Å². The Morgan fingerprint density at radius 2 is 1.88 bits per heavy atom. The first-order valence-electron chi connectivity index (χ1n) is 1.93. The molecule has 0 rings (SSSR count). The van der Waals surface area contributed by atoms with Crippen LogP contribution in [-0.4, -0.2) is 10.8 Å². The van der Waals surface area contributed by atoms with Gasteiger partial charge in [0.25, 0.3) is 5.92 Å². The summed E-state index contributed by atoms with van der Waals surface area (Å²) in [5.41, 5.74) is 0. The summed E-state index contributed by atoms with van der Waals surface area (Å²) in [6.45, 7) is 2.51. The smallest absolute Gasteiger partial charge is 0.207 e. The molecule has 0 bridgehead atoms. The normalized spacial score (nSPS) is 12.8. The van der Waals surface area contributed by atoms with E-state index >= 15 is 0 Å². The minimum Gasteiger partial charge on any atom is -0.207 e. The lowest BCUT2D eigenvalue weighted by Gasteiger charge is -2.08. The molecular formula is C4H5Cl2F2. The van der Waals surface area contributed by atoms with Crippen molar-refractivity contribution in [3.63, 3.8) is 0 Å². The van der Waals surface area contributed by atoms with Crippen molar-refractivity contribution in [2.24, 2.45) is 0 Å². The van der Waals surface area contributed by atoms with Crippen LogP contribution in [0.1, 0.15) is 6.42 Å². The standard InChI is InChI=1S/C4H5Cl2F2/c1-4(7,8)2-3(5)6/h3H,1-2H2. The molecule has 8 heavy (non-hydrogen) atoms. The third-order valence-electron chi connectivity index (χ3n) is 0.453. The molecule has 0 atom stereocenters. The van der Waals surface area contributed by atoms with Crippen molar-refractivity contribution in [2.45, 2.75) is 17.2 Å². The zero-order valence-electron chi connectivity index (χ0n) is 4.00. The van der Waals surface area contributed by atoms with Gasteiger partial charge < -0.3 is 0 Å². The molecule has 0 aromatic heterocycles. The molecule has 0 fully saturated rings. The maximum Gasteiger partial charge on any atom is 0.251 e. The highest BCUT2D eigenvalue weighted by Crippen LogP contribution is 2.22.